The first kappa shape index (κ1) is 17.0. The smallest absolute Gasteiger partial charge is 0.222 e. The Morgan fingerprint density at radius 1 is 1.30 bits per heavy atom. The molecule has 0 spiro atoms. The van der Waals surface area contributed by atoms with E-state index >= 15 is 0 Å². The van der Waals surface area contributed by atoms with E-state index in [0.717, 1.165) is 10.9 Å². The Kier molecular flexibility index (Phi) is 5.40. The summed E-state index contributed by atoms with van der Waals surface area (Å²) in [7, 11) is 0. The number of ether oxygens (including phenoxy) is 1. The van der Waals surface area contributed by atoms with Crippen LogP contribution in [0.4, 0.5) is 11.8 Å². The fraction of sp³-hybridized carbons (Fsp3) is 0.312. The fourth-order valence-electron chi connectivity index (χ4n) is 2.02. The van der Waals surface area contributed by atoms with Crippen molar-refractivity contribution in [2.45, 2.75) is 20.3 Å². The lowest BCUT2D eigenvalue weighted by Gasteiger charge is -2.14. The zero-order chi connectivity index (χ0) is 17.0. The number of hydrogen-bond acceptors (Lipinski definition) is 6. The zero-order valence-corrected chi connectivity index (χ0v) is 14.6. The highest BCUT2D eigenvalue weighted by molar-refractivity contribution is 9.10. The molecule has 120 valence electrons. The number of anilines is 2. The first-order chi connectivity index (χ1) is 10.9. The lowest BCUT2D eigenvalue weighted by molar-refractivity contribution is 0.290. The predicted molar refractivity (Wildman–Crippen MR) is 93.7 cm³/mol. The average molecular weight is 376 g/mol. The number of hydrogen-bond donors (Lipinski definition) is 2. The minimum absolute atomic E-state index is 0.0182. The topological polar surface area (TPSA) is 111 Å². The summed E-state index contributed by atoms with van der Waals surface area (Å²) < 4.78 is 6.70. The molecule has 0 bridgehead atoms. The third-order valence-corrected chi connectivity index (χ3v) is 3.71. The zero-order valence-electron chi connectivity index (χ0n) is 13.0. The number of aromatic nitrogens is 2. The van der Waals surface area contributed by atoms with Gasteiger partial charge in [0.1, 0.15) is 23.2 Å². The molecule has 7 heteroatoms. The maximum atomic E-state index is 9.36. The average Bonchev–Trinajstić information content (AvgIpc) is 2.47. The van der Waals surface area contributed by atoms with Gasteiger partial charge >= 0.3 is 0 Å². The minimum Gasteiger partial charge on any atom is -0.493 e. The molecule has 0 aliphatic heterocycles. The molecule has 0 unspecified atom stereocenters. The Morgan fingerprint density at radius 2 is 2.04 bits per heavy atom. The number of halogens is 1. The quantitative estimate of drug-likeness (QED) is 0.828. The SMILES string of the molecule is CC(C)CCOc1ccc(Br)cc1-c1nc(N)nc(N)c1C#N. The number of nitrogens with zero attached hydrogens (tertiary/aromatic N) is 3. The van der Waals surface area contributed by atoms with E-state index in [4.69, 9.17) is 16.2 Å². The molecule has 4 N–H and O–H groups in total. The van der Waals surface area contributed by atoms with E-state index in [1.54, 1.807) is 0 Å². The summed E-state index contributed by atoms with van der Waals surface area (Å²) >= 11 is 3.42. The molecular formula is C16H18BrN5O. The molecule has 2 aromatic rings. The summed E-state index contributed by atoms with van der Waals surface area (Å²) in [5.41, 5.74) is 12.7. The van der Waals surface area contributed by atoms with Crippen molar-refractivity contribution in [1.29, 1.82) is 5.26 Å². The molecular weight excluding hydrogens is 358 g/mol. The van der Waals surface area contributed by atoms with Gasteiger partial charge in [0.25, 0.3) is 0 Å². The van der Waals surface area contributed by atoms with Crippen LogP contribution in [0.25, 0.3) is 11.3 Å². The summed E-state index contributed by atoms with van der Waals surface area (Å²) in [6.45, 7) is 4.83. The molecule has 0 amide bonds. The molecule has 0 radical (unpaired) electrons. The Hall–Kier alpha value is -2.33. The standard InChI is InChI=1S/C16H18BrN5O/c1-9(2)5-6-23-13-4-3-10(17)7-11(13)14-12(8-18)15(19)22-16(20)21-14/h3-4,7,9H,5-6H2,1-2H3,(H4,19,20,21,22). The summed E-state index contributed by atoms with van der Waals surface area (Å²) in [5.74, 6) is 1.24. The van der Waals surface area contributed by atoms with Gasteiger partial charge in [-0.25, -0.2) is 4.98 Å². The van der Waals surface area contributed by atoms with Crippen LogP contribution in [0.3, 0.4) is 0 Å². The predicted octanol–water partition coefficient (Wildman–Crippen LogP) is 3.37. The van der Waals surface area contributed by atoms with Gasteiger partial charge in [-0.3, -0.25) is 0 Å². The molecule has 0 aliphatic rings. The number of benzene rings is 1. The highest BCUT2D eigenvalue weighted by atomic mass is 79.9. The summed E-state index contributed by atoms with van der Waals surface area (Å²) in [4.78, 5) is 8.02. The lowest BCUT2D eigenvalue weighted by Crippen LogP contribution is -2.07. The van der Waals surface area contributed by atoms with Crippen LogP contribution in [0.15, 0.2) is 22.7 Å². The second kappa shape index (κ2) is 7.29. The van der Waals surface area contributed by atoms with Crippen LogP contribution in [0.2, 0.25) is 0 Å². The maximum Gasteiger partial charge on any atom is 0.222 e. The van der Waals surface area contributed by atoms with Gasteiger partial charge in [-0.05, 0) is 30.5 Å². The van der Waals surface area contributed by atoms with Gasteiger partial charge < -0.3 is 16.2 Å². The molecule has 6 nitrogen and oxygen atoms in total. The highest BCUT2D eigenvalue weighted by Crippen LogP contribution is 2.35. The molecule has 0 atom stereocenters. The molecule has 1 heterocycles. The largest absolute Gasteiger partial charge is 0.493 e. The number of rotatable bonds is 5. The van der Waals surface area contributed by atoms with E-state index in [2.05, 4.69) is 39.7 Å². The van der Waals surface area contributed by atoms with Crippen LogP contribution >= 0.6 is 15.9 Å². The van der Waals surface area contributed by atoms with E-state index < -0.39 is 0 Å². The molecule has 23 heavy (non-hydrogen) atoms. The van der Waals surface area contributed by atoms with Crippen LogP contribution in [0.5, 0.6) is 5.75 Å². The molecule has 0 aliphatic carbocycles. The first-order valence-corrected chi connectivity index (χ1v) is 7.97. The van der Waals surface area contributed by atoms with Gasteiger partial charge in [0.2, 0.25) is 5.95 Å². The van der Waals surface area contributed by atoms with Gasteiger partial charge in [0.15, 0.2) is 0 Å². The van der Waals surface area contributed by atoms with Crippen molar-refractivity contribution in [3.63, 3.8) is 0 Å². The number of nitriles is 1. The van der Waals surface area contributed by atoms with Crippen molar-refractivity contribution in [2.75, 3.05) is 18.1 Å². The second-order valence-corrected chi connectivity index (χ2v) is 6.39. The summed E-state index contributed by atoms with van der Waals surface area (Å²) in [6, 6.07) is 7.56. The third-order valence-electron chi connectivity index (χ3n) is 3.22. The van der Waals surface area contributed by atoms with Crippen LogP contribution in [0, 0.1) is 17.2 Å². The highest BCUT2D eigenvalue weighted by Gasteiger charge is 2.17. The van der Waals surface area contributed by atoms with E-state index in [1.165, 1.54) is 0 Å². The summed E-state index contributed by atoms with van der Waals surface area (Å²) in [5, 5.41) is 9.36. The van der Waals surface area contributed by atoms with Crippen molar-refractivity contribution < 1.29 is 4.74 Å². The van der Waals surface area contributed by atoms with E-state index in [0.29, 0.717) is 29.5 Å². The van der Waals surface area contributed by atoms with Crippen LogP contribution < -0.4 is 16.2 Å². The van der Waals surface area contributed by atoms with Crippen molar-refractivity contribution >= 4 is 27.7 Å². The molecule has 1 aromatic carbocycles. The van der Waals surface area contributed by atoms with Gasteiger partial charge in [-0.1, -0.05) is 29.8 Å². The Morgan fingerprint density at radius 3 is 2.70 bits per heavy atom. The van der Waals surface area contributed by atoms with E-state index in [9.17, 15) is 5.26 Å². The molecule has 0 saturated carbocycles. The number of nitrogen functional groups attached to an aromatic ring is 2. The lowest BCUT2D eigenvalue weighted by atomic mass is 10.1. The Labute approximate surface area is 143 Å². The minimum atomic E-state index is 0.0182. The van der Waals surface area contributed by atoms with Gasteiger partial charge in [0, 0.05) is 10.0 Å². The molecule has 2 rings (SSSR count). The monoisotopic (exact) mass is 375 g/mol. The van der Waals surface area contributed by atoms with Gasteiger partial charge in [-0.2, -0.15) is 10.2 Å². The van der Waals surface area contributed by atoms with Crippen molar-refractivity contribution in [2.24, 2.45) is 5.92 Å². The van der Waals surface area contributed by atoms with Crippen molar-refractivity contribution in [3.8, 4) is 23.1 Å². The molecule has 1 aromatic heterocycles. The second-order valence-electron chi connectivity index (χ2n) is 5.47. The van der Waals surface area contributed by atoms with Crippen LogP contribution in [-0.4, -0.2) is 16.6 Å². The molecule has 0 fully saturated rings. The van der Waals surface area contributed by atoms with Crippen LogP contribution in [0.1, 0.15) is 25.8 Å². The third kappa shape index (κ3) is 4.11. The van der Waals surface area contributed by atoms with Crippen molar-refractivity contribution in [3.05, 3.63) is 28.2 Å². The van der Waals surface area contributed by atoms with Gasteiger partial charge in [0.05, 0.1) is 12.3 Å². The molecule has 0 saturated heterocycles. The Balaban J connectivity index is 2.50. The van der Waals surface area contributed by atoms with Crippen molar-refractivity contribution in [1.82, 2.24) is 9.97 Å². The number of nitrogens with two attached hydrogens (primary N) is 2. The maximum absolute atomic E-state index is 9.36. The van der Waals surface area contributed by atoms with Crippen LogP contribution in [-0.2, 0) is 0 Å². The summed E-state index contributed by atoms with van der Waals surface area (Å²) in [6.07, 6.45) is 0.925. The van der Waals surface area contributed by atoms with E-state index in [-0.39, 0.29) is 17.3 Å². The normalized spacial score (nSPS) is 10.6. The fourth-order valence-corrected chi connectivity index (χ4v) is 2.38. The Bertz CT molecular complexity index is 755. The first-order valence-electron chi connectivity index (χ1n) is 7.18. The van der Waals surface area contributed by atoms with E-state index in [1.807, 2.05) is 24.3 Å². The van der Waals surface area contributed by atoms with Gasteiger partial charge in [-0.15, -0.1) is 0 Å².